The highest BCUT2D eigenvalue weighted by Crippen LogP contribution is 2.32. The predicted molar refractivity (Wildman–Crippen MR) is 75.3 cm³/mol. The van der Waals surface area contributed by atoms with Crippen LogP contribution in [0.2, 0.25) is 0 Å². The zero-order chi connectivity index (χ0) is 12.4. The lowest BCUT2D eigenvalue weighted by Crippen LogP contribution is -2.37. The second kappa shape index (κ2) is 5.25. The smallest absolute Gasteiger partial charge is 0.217 e. The molecule has 4 heteroatoms. The molecule has 3 nitrogen and oxygen atoms in total. The third-order valence-electron chi connectivity index (χ3n) is 3.15. The maximum absolute atomic E-state index is 11.1. The normalized spacial score (nSPS) is 18.4. The maximum Gasteiger partial charge on any atom is 0.217 e. The lowest BCUT2D eigenvalue weighted by Gasteiger charge is -2.27. The van der Waals surface area contributed by atoms with Gasteiger partial charge in [-0.2, -0.15) is 0 Å². The zero-order valence-electron chi connectivity index (χ0n) is 10.0. The van der Waals surface area contributed by atoms with Crippen molar-refractivity contribution >= 4 is 28.5 Å². The van der Waals surface area contributed by atoms with Crippen LogP contribution in [0.3, 0.4) is 0 Å². The Bertz CT molecular complexity index is 445. The standard InChI is InChI=1S/C13H16INO2/c1-8(16)15-9-3-4-10-11(7-9)13(17-2)6-5-12(10)14/h5-6,9H,3-4,7H2,1-2H3,(H,15,16)/t9-/m0/s1. The third-order valence-corrected chi connectivity index (χ3v) is 4.16. The molecule has 0 saturated heterocycles. The van der Waals surface area contributed by atoms with E-state index in [9.17, 15) is 4.79 Å². The zero-order valence-corrected chi connectivity index (χ0v) is 12.2. The summed E-state index contributed by atoms with van der Waals surface area (Å²) in [6.45, 7) is 1.57. The molecule has 1 amide bonds. The topological polar surface area (TPSA) is 38.3 Å². The Hall–Kier alpha value is -0.780. The average molecular weight is 345 g/mol. The number of carbonyl (C=O) groups is 1. The molecular formula is C13H16INO2. The molecule has 0 unspecified atom stereocenters. The largest absolute Gasteiger partial charge is 0.496 e. The van der Waals surface area contributed by atoms with Crippen LogP contribution in [0.5, 0.6) is 5.75 Å². The number of amides is 1. The van der Waals surface area contributed by atoms with Crippen LogP contribution in [-0.2, 0) is 17.6 Å². The first kappa shape index (κ1) is 12.7. The summed E-state index contributed by atoms with van der Waals surface area (Å²) < 4.78 is 6.70. The quantitative estimate of drug-likeness (QED) is 0.836. The van der Waals surface area contributed by atoms with Gasteiger partial charge in [-0.1, -0.05) is 0 Å². The highest BCUT2D eigenvalue weighted by Gasteiger charge is 2.23. The molecular weight excluding hydrogens is 329 g/mol. The van der Waals surface area contributed by atoms with Gasteiger partial charge in [0, 0.05) is 22.1 Å². The summed E-state index contributed by atoms with van der Waals surface area (Å²) in [5.74, 6) is 0.985. The number of halogens is 1. The Kier molecular flexibility index (Phi) is 3.91. The van der Waals surface area contributed by atoms with Crippen LogP contribution < -0.4 is 10.1 Å². The predicted octanol–water partition coefficient (Wildman–Crippen LogP) is 2.29. The van der Waals surface area contributed by atoms with Crippen LogP contribution in [0.1, 0.15) is 24.5 Å². The van der Waals surface area contributed by atoms with Gasteiger partial charge in [0.1, 0.15) is 5.75 Å². The second-order valence-electron chi connectivity index (χ2n) is 4.35. The van der Waals surface area contributed by atoms with Gasteiger partial charge >= 0.3 is 0 Å². The molecule has 17 heavy (non-hydrogen) atoms. The molecule has 1 aromatic rings. The lowest BCUT2D eigenvalue weighted by atomic mass is 9.87. The number of carbonyl (C=O) groups excluding carboxylic acids is 1. The van der Waals surface area contributed by atoms with Crippen LogP contribution >= 0.6 is 22.6 Å². The van der Waals surface area contributed by atoms with Crippen molar-refractivity contribution in [2.45, 2.75) is 32.2 Å². The van der Waals surface area contributed by atoms with Crippen LogP contribution in [-0.4, -0.2) is 19.1 Å². The summed E-state index contributed by atoms with van der Waals surface area (Å²) in [5.41, 5.74) is 2.64. The molecule has 2 rings (SSSR count). The second-order valence-corrected chi connectivity index (χ2v) is 5.51. The number of benzene rings is 1. The highest BCUT2D eigenvalue weighted by atomic mass is 127. The van der Waals surface area contributed by atoms with Gasteiger partial charge in [-0.3, -0.25) is 4.79 Å². The van der Waals surface area contributed by atoms with Gasteiger partial charge in [0.25, 0.3) is 0 Å². The van der Waals surface area contributed by atoms with Gasteiger partial charge in [0.2, 0.25) is 5.91 Å². The highest BCUT2D eigenvalue weighted by molar-refractivity contribution is 14.1. The number of ether oxygens (including phenoxy) is 1. The van der Waals surface area contributed by atoms with Crippen LogP contribution in [0, 0.1) is 3.57 Å². The van der Waals surface area contributed by atoms with Crippen molar-refractivity contribution in [1.82, 2.24) is 5.32 Å². The summed E-state index contributed by atoms with van der Waals surface area (Å²) in [5, 5.41) is 3.00. The van der Waals surface area contributed by atoms with E-state index in [4.69, 9.17) is 4.74 Å². The summed E-state index contributed by atoms with van der Waals surface area (Å²) in [4.78, 5) is 11.1. The molecule has 0 radical (unpaired) electrons. The van der Waals surface area contributed by atoms with Gasteiger partial charge in [-0.25, -0.2) is 0 Å². The number of fused-ring (bicyclic) bond motifs is 1. The monoisotopic (exact) mass is 345 g/mol. The molecule has 0 aromatic heterocycles. The Morgan fingerprint density at radius 2 is 2.24 bits per heavy atom. The van der Waals surface area contributed by atoms with Gasteiger partial charge in [-0.05, 0) is 59.5 Å². The maximum atomic E-state index is 11.1. The number of nitrogens with one attached hydrogen (secondary N) is 1. The fourth-order valence-corrected chi connectivity index (χ4v) is 3.18. The Balaban J connectivity index is 2.29. The number of hydrogen-bond donors (Lipinski definition) is 1. The molecule has 1 atom stereocenters. The summed E-state index contributed by atoms with van der Waals surface area (Å²) in [6.07, 6.45) is 2.89. The van der Waals surface area contributed by atoms with Gasteiger partial charge < -0.3 is 10.1 Å². The van der Waals surface area contributed by atoms with E-state index in [1.165, 1.54) is 14.7 Å². The van der Waals surface area contributed by atoms with Crippen molar-refractivity contribution in [3.05, 3.63) is 26.8 Å². The third kappa shape index (κ3) is 2.73. The molecule has 0 bridgehead atoms. The van der Waals surface area contributed by atoms with Crippen molar-refractivity contribution < 1.29 is 9.53 Å². The van der Waals surface area contributed by atoms with E-state index in [0.717, 1.165) is 25.0 Å². The minimum absolute atomic E-state index is 0.0445. The summed E-state index contributed by atoms with van der Waals surface area (Å²) >= 11 is 2.37. The molecule has 0 spiro atoms. The molecule has 1 aliphatic rings. The van der Waals surface area contributed by atoms with E-state index in [1.54, 1.807) is 14.0 Å². The molecule has 0 aliphatic heterocycles. The van der Waals surface area contributed by atoms with Crippen molar-refractivity contribution in [1.29, 1.82) is 0 Å². The first-order valence-electron chi connectivity index (χ1n) is 5.73. The average Bonchev–Trinajstić information content (AvgIpc) is 2.29. The number of rotatable bonds is 2. The van der Waals surface area contributed by atoms with Crippen LogP contribution in [0.25, 0.3) is 0 Å². The molecule has 0 heterocycles. The molecule has 0 saturated carbocycles. The minimum atomic E-state index is 0.0445. The van der Waals surface area contributed by atoms with E-state index in [2.05, 4.69) is 34.0 Å². The lowest BCUT2D eigenvalue weighted by molar-refractivity contribution is -0.119. The molecule has 1 aliphatic carbocycles. The summed E-state index contributed by atoms with van der Waals surface area (Å²) in [7, 11) is 1.70. The molecule has 1 N–H and O–H groups in total. The van der Waals surface area contributed by atoms with Crippen molar-refractivity contribution in [2.75, 3.05) is 7.11 Å². The van der Waals surface area contributed by atoms with E-state index >= 15 is 0 Å². The SMILES string of the molecule is COc1ccc(I)c2c1C[C@@H](NC(C)=O)CC2. The molecule has 0 fully saturated rings. The van der Waals surface area contributed by atoms with Crippen molar-refractivity contribution in [2.24, 2.45) is 0 Å². The molecule has 1 aromatic carbocycles. The first-order valence-corrected chi connectivity index (χ1v) is 6.81. The van der Waals surface area contributed by atoms with Crippen LogP contribution in [0.15, 0.2) is 12.1 Å². The van der Waals surface area contributed by atoms with Crippen molar-refractivity contribution in [3.8, 4) is 5.75 Å². The van der Waals surface area contributed by atoms with Crippen molar-refractivity contribution in [3.63, 3.8) is 0 Å². The van der Waals surface area contributed by atoms with E-state index < -0.39 is 0 Å². The minimum Gasteiger partial charge on any atom is -0.496 e. The Morgan fingerprint density at radius 1 is 1.47 bits per heavy atom. The summed E-state index contributed by atoms with van der Waals surface area (Å²) in [6, 6.07) is 4.35. The van der Waals surface area contributed by atoms with E-state index in [0.29, 0.717) is 0 Å². The number of methoxy groups -OCH3 is 1. The Labute approximate surface area is 115 Å². The molecule has 92 valence electrons. The van der Waals surface area contributed by atoms with Gasteiger partial charge in [0.15, 0.2) is 0 Å². The fraction of sp³-hybridized carbons (Fsp3) is 0.462. The van der Waals surface area contributed by atoms with Gasteiger partial charge in [0.05, 0.1) is 7.11 Å². The fourth-order valence-electron chi connectivity index (χ4n) is 2.41. The first-order chi connectivity index (χ1) is 8.11. The number of hydrogen-bond acceptors (Lipinski definition) is 2. The van der Waals surface area contributed by atoms with Gasteiger partial charge in [-0.15, -0.1) is 0 Å². The van der Waals surface area contributed by atoms with E-state index in [1.807, 2.05) is 6.07 Å². The van der Waals surface area contributed by atoms with Crippen LogP contribution in [0.4, 0.5) is 0 Å². The Morgan fingerprint density at radius 3 is 2.88 bits per heavy atom. The van der Waals surface area contributed by atoms with E-state index in [-0.39, 0.29) is 11.9 Å².